The number of aliphatic hydroxyl groups is 1. The fraction of sp³-hybridized carbons (Fsp3) is 0.773. The third kappa shape index (κ3) is 5.37. The van der Waals surface area contributed by atoms with Gasteiger partial charge in [-0.1, -0.05) is 40.0 Å². The van der Waals surface area contributed by atoms with Crippen LogP contribution < -0.4 is 5.73 Å². The average Bonchev–Trinajstić information content (AvgIpc) is 3.33. The van der Waals surface area contributed by atoms with E-state index in [9.17, 15) is 5.11 Å². The Bertz CT molecular complexity index is 834. The monoisotopic (exact) mass is 451 g/mol. The minimum Gasteiger partial charge on any atom is -0.381 e. The molecule has 0 radical (unpaired) electrons. The Kier molecular flexibility index (Phi) is 9.18. The standard InChI is InChI=1S/C22H37N5O5/c1-4-7-10-29-14-16-18(30-11-8-5-2)19(31-12-9-6-3)22(28,32-16)17-13-24-21-20(23)25-15-26-27(17)21/h13,15-16,18-19,28H,4-12,14H2,1-3H3,(H2,23,25,26)/t16-,18-,19-,22?/m1/s1. The third-order valence-corrected chi connectivity index (χ3v) is 5.61. The molecular weight excluding hydrogens is 414 g/mol. The predicted octanol–water partition coefficient (Wildman–Crippen LogP) is 2.44. The lowest BCUT2D eigenvalue weighted by Gasteiger charge is -2.29. The van der Waals surface area contributed by atoms with Gasteiger partial charge in [-0.25, -0.2) is 14.5 Å². The van der Waals surface area contributed by atoms with E-state index in [0.29, 0.717) is 37.8 Å². The molecule has 1 aliphatic rings. The number of nitrogens with two attached hydrogens (primary N) is 1. The molecule has 0 aliphatic carbocycles. The molecule has 180 valence electrons. The molecule has 10 heteroatoms. The van der Waals surface area contributed by atoms with Crippen LogP contribution in [0.1, 0.15) is 65.0 Å². The number of hydrogen-bond donors (Lipinski definition) is 2. The number of rotatable bonds is 14. The molecule has 0 saturated carbocycles. The van der Waals surface area contributed by atoms with Crippen LogP contribution >= 0.6 is 0 Å². The Morgan fingerprint density at radius 1 is 1.06 bits per heavy atom. The van der Waals surface area contributed by atoms with E-state index in [-0.39, 0.29) is 5.82 Å². The van der Waals surface area contributed by atoms with Gasteiger partial charge in [0.2, 0.25) is 5.79 Å². The Labute approximate surface area is 189 Å². The van der Waals surface area contributed by atoms with Crippen molar-refractivity contribution in [3.63, 3.8) is 0 Å². The van der Waals surface area contributed by atoms with Crippen LogP contribution in [0, 0.1) is 0 Å². The molecule has 3 rings (SSSR count). The smallest absolute Gasteiger partial charge is 0.242 e. The second-order valence-corrected chi connectivity index (χ2v) is 8.14. The van der Waals surface area contributed by atoms with E-state index < -0.39 is 24.1 Å². The molecule has 10 nitrogen and oxygen atoms in total. The molecule has 4 atom stereocenters. The van der Waals surface area contributed by atoms with Gasteiger partial charge in [0.25, 0.3) is 0 Å². The minimum absolute atomic E-state index is 0.214. The van der Waals surface area contributed by atoms with Crippen molar-refractivity contribution in [2.75, 3.05) is 32.2 Å². The summed E-state index contributed by atoms with van der Waals surface area (Å²) in [5.41, 5.74) is 6.61. The number of fused-ring (bicyclic) bond motifs is 1. The zero-order valence-electron chi connectivity index (χ0n) is 19.4. The summed E-state index contributed by atoms with van der Waals surface area (Å²) in [6.45, 7) is 8.23. The van der Waals surface area contributed by atoms with Crippen molar-refractivity contribution in [1.29, 1.82) is 0 Å². The maximum atomic E-state index is 11.9. The van der Waals surface area contributed by atoms with E-state index in [4.69, 9.17) is 24.7 Å². The van der Waals surface area contributed by atoms with Gasteiger partial charge < -0.3 is 29.8 Å². The number of unbranched alkanes of at least 4 members (excludes halogenated alkanes) is 3. The Balaban J connectivity index is 1.93. The fourth-order valence-corrected chi connectivity index (χ4v) is 3.76. The number of hydrogen-bond acceptors (Lipinski definition) is 9. The summed E-state index contributed by atoms with van der Waals surface area (Å²) >= 11 is 0. The Morgan fingerprint density at radius 2 is 1.75 bits per heavy atom. The highest BCUT2D eigenvalue weighted by Gasteiger charge is 2.58. The van der Waals surface area contributed by atoms with Crippen LogP contribution in [0.4, 0.5) is 5.82 Å². The summed E-state index contributed by atoms with van der Waals surface area (Å²) in [5, 5.41) is 16.1. The highest BCUT2D eigenvalue weighted by Crippen LogP contribution is 2.41. The zero-order chi connectivity index (χ0) is 23.0. The van der Waals surface area contributed by atoms with Crippen molar-refractivity contribution in [3.8, 4) is 0 Å². The van der Waals surface area contributed by atoms with Gasteiger partial charge >= 0.3 is 0 Å². The number of imidazole rings is 1. The van der Waals surface area contributed by atoms with Crippen molar-refractivity contribution in [2.45, 2.75) is 83.4 Å². The van der Waals surface area contributed by atoms with Crippen molar-refractivity contribution in [1.82, 2.24) is 19.6 Å². The largest absolute Gasteiger partial charge is 0.381 e. The average molecular weight is 452 g/mol. The molecular formula is C22H37N5O5. The second-order valence-electron chi connectivity index (χ2n) is 8.14. The minimum atomic E-state index is -1.83. The van der Waals surface area contributed by atoms with Gasteiger partial charge in [-0.15, -0.1) is 0 Å². The van der Waals surface area contributed by atoms with Gasteiger partial charge in [0.15, 0.2) is 11.5 Å². The summed E-state index contributed by atoms with van der Waals surface area (Å²) < 4.78 is 25.9. The highest BCUT2D eigenvalue weighted by atomic mass is 16.7. The molecule has 0 bridgehead atoms. The molecule has 1 aliphatic heterocycles. The normalized spacial score (nSPS) is 25.7. The summed E-state index contributed by atoms with van der Waals surface area (Å²) in [6, 6.07) is 0. The molecule has 0 aromatic carbocycles. The number of anilines is 1. The molecule has 3 heterocycles. The predicted molar refractivity (Wildman–Crippen MR) is 119 cm³/mol. The van der Waals surface area contributed by atoms with Gasteiger partial charge in [-0.05, 0) is 19.3 Å². The molecule has 2 aromatic heterocycles. The topological polar surface area (TPSA) is 126 Å². The van der Waals surface area contributed by atoms with Crippen molar-refractivity contribution in [3.05, 3.63) is 18.2 Å². The lowest BCUT2D eigenvalue weighted by molar-refractivity contribution is -0.253. The number of aromatic nitrogens is 4. The van der Waals surface area contributed by atoms with Crippen molar-refractivity contribution in [2.24, 2.45) is 0 Å². The molecule has 1 unspecified atom stereocenters. The molecule has 0 spiro atoms. The van der Waals surface area contributed by atoms with Gasteiger partial charge in [-0.2, -0.15) is 5.10 Å². The molecule has 2 aromatic rings. The fourth-order valence-electron chi connectivity index (χ4n) is 3.76. The van der Waals surface area contributed by atoms with Crippen molar-refractivity contribution >= 4 is 11.5 Å². The van der Waals surface area contributed by atoms with Gasteiger partial charge in [0, 0.05) is 19.8 Å². The van der Waals surface area contributed by atoms with Gasteiger partial charge in [0.1, 0.15) is 30.3 Å². The van der Waals surface area contributed by atoms with Crippen LogP contribution in [0.3, 0.4) is 0 Å². The first-order valence-corrected chi connectivity index (χ1v) is 11.7. The zero-order valence-corrected chi connectivity index (χ0v) is 19.4. The van der Waals surface area contributed by atoms with Crippen LogP contribution in [0.25, 0.3) is 5.65 Å². The lowest BCUT2D eigenvalue weighted by atomic mass is 10.0. The molecule has 32 heavy (non-hydrogen) atoms. The van der Waals surface area contributed by atoms with Crippen LogP contribution in [0.2, 0.25) is 0 Å². The number of nitrogen functional groups attached to an aromatic ring is 1. The van der Waals surface area contributed by atoms with E-state index in [2.05, 4.69) is 35.8 Å². The van der Waals surface area contributed by atoms with Gasteiger partial charge in [0.05, 0.1) is 12.8 Å². The van der Waals surface area contributed by atoms with Crippen LogP contribution in [-0.4, -0.2) is 69.4 Å². The Hall–Kier alpha value is -1.85. The third-order valence-electron chi connectivity index (χ3n) is 5.61. The maximum absolute atomic E-state index is 11.9. The Morgan fingerprint density at radius 3 is 2.47 bits per heavy atom. The lowest BCUT2D eigenvalue weighted by Crippen LogP contribution is -2.45. The van der Waals surface area contributed by atoms with E-state index >= 15 is 0 Å². The number of ether oxygens (including phenoxy) is 4. The van der Waals surface area contributed by atoms with Crippen molar-refractivity contribution < 1.29 is 24.1 Å². The molecule has 1 fully saturated rings. The molecule has 1 saturated heterocycles. The first-order valence-electron chi connectivity index (χ1n) is 11.7. The number of nitrogens with zero attached hydrogens (tertiary/aromatic N) is 4. The SMILES string of the molecule is CCCCOC[C@H]1OC(O)(c2cnc3c(N)ncnn23)[C@H](OCCCC)[C@@H]1OCCCC. The summed E-state index contributed by atoms with van der Waals surface area (Å²) in [7, 11) is 0. The van der Waals surface area contributed by atoms with E-state index in [1.54, 1.807) is 0 Å². The molecule has 3 N–H and O–H groups in total. The van der Waals surface area contributed by atoms with E-state index in [0.717, 1.165) is 38.5 Å². The highest BCUT2D eigenvalue weighted by molar-refractivity contribution is 5.59. The van der Waals surface area contributed by atoms with Crippen LogP contribution in [0.15, 0.2) is 12.5 Å². The first-order chi connectivity index (χ1) is 15.6. The van der Waals surface area contributed by atoms with E-state index in [1.807, 2.05) is 0 Å². The summed E-state index contributed by atoms with van der Waals surface area (Å²) in [5.74, 6) is -1.62. The van der Waals surface area contributed by atoms with Crippen LogP contribution in [-0.2, 0) is 24.7 Å². The second kappa shape index (κ2) is 11.9. The quantitative estimate of drug-likeness (QED) is 0.416. The van der Waals surface area contributed by atoms with E-state index in [1.165, 1.54) is 17.0 Å². The first kappa shape index (κ1) is 24.8. The molecule has 0 amide bonds. The summed E-state index contributed by atoms with van der Waals surface area (Å²) in [6.07, 6.45) is 6.75. The van der Waals surface area contributed by atoms with Crippen LogP contribution in [0.5, 0.6) is 0 Å². The van der Waals surface area contributed by atoms with Gasteiger partial charge in [-0.3, -0.25) is 0 Å². The summed E-state index contributed by atoms with van der Waals surface area (Å²) in [4.78, 5) is 8.27. The maximum Gasteiger partial charge on any atom is 0.242 e.